The van der Waals surface area contributed by atoms with Gasteiger partial charge < -0.3 is 9.84 Å². The van der Waals surface area contributed by atoms with E-state index in [1.807, 2.05) is 0 Å². The van der Waals surface area contributed by atoms with E-state index in [0.717, 1.165) is 64.2 Å². The quantitative estimate of drug-likeness (QED) is 0.163. The molecule has 0 saturated heterocycles. The Morgan fingerprint density at radius 3 is 1.26 bits per heavy atom. The first-order valence-electron chi connectivity index (χ1n) is 11.0. The maximum Gasteiger partial charge on any atom is 0.313 e. The van der Waals surface area contributed by atoms with Crippen LogP contribution in [0.5, 0.6) is 0 Å². The molecule has 0 rings (SSSR count). The Hall–Kier alpha value is -1.39. The molecule has 5 nitrogen and oxygen atoms in total. The molecule has 0 atom stereocenters. The molecule has 0 heterocycles. The molecule has 27 heavy (non-hydrogen) atoms. The zero-order valence-corrected chi connectivity index (χ0v) is 17.3. The standard InChI is InChI=1S/C22H40O5/c1-2-3-4-5-6-9-12-15-18-21(25)27-22(26)19-16-13-10-7-8-11-14-17-20(23)24/h2-19H2,1H3,(H,23,24). The molecule has 0 aliphatic heterocycles. The van der Waals surface area contributed by atoms with Gasteiger partial charge in [0.2, 0.25) is 0 Å². The second kappa shape index (κ2) is 19.4. The summed E-state index contributed by atoms with van der Waals surface area (Å²) >= 11 is 0. The molecule has 0 spiro atoms. The summed E-state index contributed by atoms with van der Waals surface area (Å²) < 4.78 is 4.86. The Labute approximate surface area is 165 Å². The van der Waals surface area contributed by atoms with Crippen LogP contribution < -0.4 is 0 Å². The zero-order valence-electron chi connectivity index (χ0n) is 17.3. The lowest BCUT2D eigenvalue weighted by Gasteiger charge is -2.04. The van der Waals surface area contributed by atoms with Gasteiger partial charge in [-0.2, -0.15) is 0 Å². The third-order valence-electron chi connectivity index (χ3n) is 4.73. The van der Waals surface area contributed by atoms with Crippen molar-refractivity contribution in [2.75, 3.05) is 0 Å². The monoisotopic (exact) mass is 384 g/mol. The minimum atomic E-state index is -0.731. The fraction of sp³-hybridized carbons (Fsp3) is 0.864. The van der Waals surface area contributed by atoms with Gasteiger partial charge >= 0.3 is 17.9 Å². The van der Waals surface area contributed by atoms with E-state index in [0.29, 0.717) is 12.8 Å². The van der Waals surface area contributed by atoms with Crippen LogP contribution in [0.3, 0.4) is 0 Å². The third-order valence-corrected chi connectivity index (χ3v) is 4.73. The van der Waals surface area contributed by atoms with Crippen LogP contribution in [-0.2, 0) is 19.1 Å². The summed E-state index contributed by atoms with van der Waals surface area (Å²) in [4.78, 5) is 33.6. The molecule has 5 heteroatoms. The van der Waals surface area contributed by atoms with Crippen LogP contribution in [0, 0.1) is 0 Å². The predicted molar refractivity (Wildman–Crippen MR) is 108 cm³/mol. The number of carbonyl (C=O) groups excluding carboxylic acids is 2. The van der Waals surface area contributed by atoms with Gasteiger partial charge in [0.05, 0.1) is 0 Å². The molecule has 0 amide bonds. The van der Waals surface area contributed by atoms with Gasteiger partial charge in [-0.1, -0.05) is 84.0 Å². The van der Waals surface area contributed by atoms with Crippen molar-refractivity contribution in [1.82, 2.24) is 0 Å². The van der Waals surface area contributed by atoms with Crippen molar-refractivity contribution in [3.63, 3.8) is 0 Å². The minimum Gasteiger partial charge on any atom is -0.481 e. The summed E-state index contributed by atoms with van der Waals surface area (Å²) in [6, 6.07) is 0. The average Bonchev–Trinajstić information content (AvgIpc) is 2.62. The van der Waals surface area contributed by atoms with Gasteiger partial charge in [-0.25, -0.2) is 0 Å². The molecule has 0 bridgehead atoms. The lowest BCUT2D eigenvalue weighted by molar-refractivity contribution is -0.159. The lowest BCUT2D eigenvalue weighted by Crippen LogP contribution is -2.11. The van der Waals surface area contributed by atoms with Crippen molar-refractivity contribution < 1.29 is 24.2 Å². The van der Waals surface area contributed by atoms with Crippen molar-refractivity contribution in [3.05, 3.63) is 0 Å². The molecule has 0 aromatic rings. The molecular formula is C22H40O5. The Morgan fingerprint density at radius 1 is 0.556 bits per heavy atom. The molecule has 0 saturated carbocycles. The molecule has 0 fully saturated rings. The lowest BCUT2D eigenvalue weighted by atomic mass is 10.1. The van der Waals surface area contributed by atoms with Gasteiger partial charge in [-0.05, 0) is 19.3 Å². The Bertz CT molecular complexity index is 392. The van der Waals surface area contributed by atoms with Crippen LogP contribution in [0.15, 0.2) is 0 Å². The highest BCUT2D eigenvalue weighted by Crippen LogP contribution is 2.12. The van der Waals surface area contributed by atoms with Crippen LogP contribution >= 0.6 is 0 Å². The molecule has 0 radical (unpaired) electrons. The highest BCUT2D eigenvalue weighted by Gasteiger charge is 2.09. The van der Waals surface area contributed by atoms with Gasteiger partial charge in [0.1, 0.15) is 0 Å². The summed E-state index contributed by atoms with van der Waals surface area (Å²) in [7, 11) is 0. The average molecular weight is 385 g/mol. The van der Waals surface area contributed by atoms with Crippen molar-refractivity contribution in [2.45, 2.75) is 122 Å². The predicted octanol–water partition coefficient (Wildman–Crippen LogP) is 6.18. The molecule has 0 aromatic heterocycles. The van der Waals surface area contributed by atoms with Crippen LogP contribution in [-0.4, -0.2) is 23.0 Å². The maximum atomic E-state index is 11.6. The smallest absolute Gasteiger partial charge is 0.313 e. The van der Waals surface area contributed by atoms with Crippen LogP contribution in [0.2, 0.25) is 0 Å². The number of ether oxygens (including phenoxy) is 1. The van der Waals surface area contributed by atoms with Gasteiger partial charge in [-0.15, -0.1) is 0 Å². The van der Waals surface area contributed by atoms with Crippen molar-refractivity contribution >= 4 is 17.9 Å². The number of carbonyl (C=O) groups is 3. The highest BCUT2D eigenvalue weighted by molar-refractivity contribution is 5.85. The largest absolute Gasteiger partial charge is 0.481 e. The summed E-state index contributed by atoms with van der Waals surface area (Å²) in [6.07, 6.45) is 16.8. The summed E-state index contributed by atoms with van der Waals surface area (Å²) in [5.74, 6) is -1.52. The minimum absolute atomic E-state index is 0.249. The fourth-order valence-corrected chi connectivity index (χ4v) is 3.06. The van der Waals surface area contributed by atoms with Gasteiger partial charge in [0.25, 0.3) is 0 Å². The van der Waals surface area contributed by atoms with Crippen molar-refractivity contribution in [3.8, 4) is 0 Å². The fourth-order valence-electron chi connectivity index (χ4n) is 3.06. The second-order valence-electron chi connectivity index (χ2n) is 7.44. The van der Waals surface area contributed by atoms with E-state index in [2.05, 4.69) is 6.92 Å². The van der Waals surface area contributed by atoms with Crippen LogP contribution in [0.4, 0.5) is 0 Å². The van der Waals surface area contributed by atoms with E-state index in [1.165, 1.54) is 32.1 Å². The highest BCUT2D eigenvalue weighted by atomic mass is 16.6. The number of unbranched alkanes of at least 4 members (excludes halogenated alkanes) is 13. The normalized spacial score (nSPS) is 10.7. The Balaban J connectivity index is 3.36. The van der Waals surface area contributed by atoms with Gasteiger partial charge in [-0.3, -0.25) is 14.4 Å². The van der Waals surface area contributed by atoms with E-state index >= 15 is 0 Å². The molecule has 158 valence electrons. The molecule has 1 N–H and O–H groups in total. The van der Waals surface area contributed by atoms with Crippen LogP contribution in [0.1, 0.15) is 122 Å². The van der Waals surface area contributed by atoms with Gasteiger partial charge in [0.15, 0.2) is 0 Å². The number of carboxylic acid groups (broad SMARTS) is 1. The third kappa shape index (κ3) is 20.8. The second-order valence-corrected chi connectivity index (χ2v) is 7.44. The number of hydrogen-bond donors (Lipinski definition) is 1. The summed E-state index contributed by atoms with van der Waals surface area (Å²) in [5.41, 5.74) is 0. The van der Waals surface area contributed by atoms with E-state index in [9.17, 15) is 14.4 Å². The number of aliphatic carboxylic acids is 1. The topological polar surface area (TPSA) is 80.7 Å². The maximum absolute atomic E-state index is 11.6. The summed E-state index contributed by atoms with van der Waals surface area (Å²) in [5, 5.41) is 8.54. The Morgan fingerprint density at radius 2 is 0.889 bits per heavy atom. The number of carboxylic acids is 1. The number of rotatable bonds is 19. The molecule has 0 aliphatic carbocycles. The molecular weight excluding hydrogens is 344 g/mol. The van der Waals surface area contributed by atoms with Crippen molar-refractivity contribution in [2.24, 2.45) is 0 Å². The van der Waals surface area contributed by atoms with Gasteiger partial charge in [0, 0.05) is 19.3 Å². The van der Waals surface area contributed by atoms with Crippen molar-refractivity contribution in [1.29, 1.82) is 0 Å². The van der Waals surface area contributed by atoms with E-state index in [4.69, 9.17) is 9.84 Å². The molecule has 0 aromatic carbocycles. The van der Waals surface area contributed by atoms with E-state index in [1.54, 1.807) is 0 Å². The van der Waals surface area contributed by atoms with Crippen LogP contribution in [0.25, 0.3) is 0 Å². The summed E-state index contributed by atoms with van der Waals surface area (Å²) in [6.45, 7) is 2.21. The first kappa shape index (κ1) is 25.6. The zero-order chi connectivity index (χ0) is 20.2. The number of esters is 2. The molecule has 0 aliphatic rings. The Kier molecular flexibility index (Phi) is 18.4. The molecule has 0 unspecified atom stereocenters. The van der Waals surface area contributed by atoms with E-state index < -0.39 is 11.9 Å². The first-order chi connectivity index (χ1) is 13.1. The number of hydrogen-bond acceptors (Lipinski definition) is 4. The van der Waals surface area contributed by atoms with E-state index in [-0.39, 0.29) is 12.4 Å². The SMILES string of the molecule is CCCCCCCCCCC(=O)OC(=O)CCCCCCCCCC(=O)O. The first-order valence-corrected chi connectivity index (χ1v) is 11.0.